The van der Waals surface area contributed by atoms with Crippen LogP contribution in [0.15, 0.2) is 10.8 Å². The summed E-state index contributed by atoms with van der Waals surface area (Å²) < 4.78 is 1.88. The molecule has 0 aliphatic heterocycles. The maximum atomic E-state index is 4.07. The fourth-order valence-corrected chi connectivity index (χ4v) is 2.55. The Morgan fingerprint density at radius 1 is 1.47 bits per heavy atom. The normalized spacial score (nSPS) is 15.4. The molecular formula is C11H15N5S. The van der Waals surface area contributed by atoms with Crippen molar-refractivity contribution >= 4 is 11.3 Å². The summed E-state index contributed by atoms with van der Waals surface area (Å²) >= 11 is 1.72. The molecule has 1 aliphatic carbocycles. The second kappa shape index (κ2) is 4.54. The Kier molecular flexibility index (Phi) is 2.90. The summed E-state index contributed by atoms with van der Waals surface area (Å²) in [7, 11) is 0. The van der Waals surface area contributed by atoms with Crippen LogP contribution in [0.5, 0.6) is 0 Å². The van der Waals surface area contributed by atoms with E-state index in [0.29, 0.717) is 6.04 Å². The van der Waals surface area contributed by atoms with Crippen molar-refractivity contribution in [3.8, 4) is 0 Å². The van der Waals surface area contributed by atoms with Crippen molar-refractivity contribution in [2.45, 2.75) is 38.9 Å². The van der Waals surface area contributed by atoms with Gasteiger partial charge in [0.1, 0.15) is 0 Å². The number of aromatic nitrogens is 4. The Labute approximate surface area is 104 Å². The topological polar surface area (TPSA) is 55.6 Å². The molecule has 1 fully saturated rings. The number of aryl methyl sites for hydroxylation is 1. The van der Waals surface area contributed by atoms with Crippen LogP contribution in [0.2, 0.25) is 0 Å². The Hall–Kier alpha value is -1.27. The third kappa shape index (κ3) is 2.53. The molecule has 0 amide bonds. The van der Waals surface area contributed by atoms with Crippen LogP contribution in [0.4, 0.5) is 0 Å². The zero-order valence-electron chi connectivity index (χ0n) is 9.76. The van der Waals surface area contributed by atoms with E-state index in [1.807, 2.05) is 4.68 Å². The highest BCUT2D eigenvalue weighted by molar-refractivity contribution is 7.08. The molecule has 6 heteroatoms. The second-order valence-corrected chi connectivity index (χ2v) is 5.23. The Bertz CT molecular complexity index is 499. The van der Waals surface area contributed by atoms with Crippen LogP contribution in [-0.2, 0) is 13.1 Å². The average Bonchev–Trinajstić information content (AvgIpc) is 2.92. The molecule has 5 nitrogen and oxygen atoms in total. The minimum Gasteiger partial charge on any atom is -0.307 e. The van der Waals surface area contributed by atoms with Gasteiger partial charge in [-0.25, -0.2) is 4.68 Å². The molecule has 0 saturated heterocycles. The standard InChI is InChI=1S/C11H15N5S/c1-8-6-17-7-9(8)5-16-11(13-14-15-16)4-12-10-2-3-10/h6-7,10,12H,2-5H2,1H3. The lowest BCUT2D eigenvalue weighted by atomic mass is 10.2. The first-order valence-corrected chi connectivity index (χ1v) is 6.77. The number of rotatable bonds is 5. The first-order valence-electron chi connectivity index (χ1n) is 5.83. The monoisotopic (exact) mass is 249 g/mol. The lowest BCUT2D eigenvalue weighted by Crippen LogP contribution is -2.19. The zero-order valence-corrected chi connectivity index (χ0v) is 10.6. The quantitative estimate of drug-likeness (QED) is 0.869. The van der Waals surface area contributed by atoms with E-state index in [0.717, 1.165) is 18.9 Å². The first-order chi connectivity index (χ1) is 8.33. The van der Waals surface area contributed by atoms with Crippen molar-refractivity contribution in [2.24, 2.45) is 0 Å². The van der Waals surface area contributed by atoms with Gasteiger partial charge in [-0.2, -0.15) is 11.3 Å². The molecule has 3 rings (SSSR count). The van der Waals surface area contributed by atoms with Gasteiger partial charge < -0.3 is 5.32 Å². The number of tetrazole rings is 1. The van der Waals surface area contributed by atoms with Crippen LogP contribution in [0.25, 0.3) is 0 Å². The molecule has 1 aliphatic rings. The van der Waals surface area contributed by atoms with Gasteiger partial charge in [0.15, 0.2) is 5.82 Å². The van der Waals surface area contributed by atoms with Crippen LogP contribution in [0.1, 0.15) is 29.8 Å². The van der Waals surface area contributed by atoms with Gasteiger partial charge in [-0.05, 0) is 52.1 Å². The Balaban J connectivity index is 1.69. The molecule has 2 aromatic heterocycles. The number of hydrogen-bond donors (Lipinski definition) is 1. The molecule has 1 saturated carbocycles. The summed E-state index contributed by atoms with van der Waals surface area (Å²) in [6, 6.07) is 0.683. The molecule has 0 radical (unpaired) electrons. The van der Waals surface area contributed by atoms with Crippen LogP contribution >= 0.6 is 11.3 Å². The van der Waals surface area contributed by atoms with E-state index in [9.17, 15) is 0 Å². The van der Waals surface area contributed by atoms with Crippen molar-refractivity contribution in [1.82, 2.24) is 25.5 Å². The van der Waals surface area contributed by atoms with Gasteiger partial charge in [0, 0.05) is 6.04 Å². The molecular weight excluding hydrogens is 234 g/mol. The first kappa shape index (κ1) is 10.9. The van der Waals surface area contributed by atoms with Crippen molar-refractivity contribution in [3.05, 3.63) is 27.7 Å². The second-order valence-electron chi connectivity index (χ2n) is 4.49. The van der Waals surface area contributed by atoms with Gasteiger partial charge in [-0.15, -0.1) is 5.10 Å². The summed E-state index contributed by atoms with van der Waals surface area (Å²) in [5.41, 5.74) is 2.61. The molecule has 2 aromatic rings. The molecule has 0 aromatic carbocycles. The van der Waals surface area contributed by atoms with Gasteiger partial charge in [0.05, 0.1) is 13.1 Å². The summed E-state index contributed by atoms with van der Waals surface area (Å²) in [5, 5.41) is 19.6. The fraction of sp³-hybridized carbons (Fsp3) is 0.545. The van der Waals surface area contributed by atoms with E-state index in [1.54, 1.807) is 11.3 Å². The van der Waals surface area contributed by atoms with Crippen LogP contribution in [-0.4, -0.2) is 26.2 Å². The van der Waals surface area contributed by atoms with E-state index >= 15 is 0 Å². The van der Waals surface area contributed by atoms with Crippen LogP contribution in [0.3, 0.4) is 0 Å². The maximum absolute atomic E-state index is 4.07. The highest BCUT2D eigenvalue weighted by atomic mass is 32.1. The van der Waals surface area contributed by atoms with Crippen molar-refractivity contribution in [1.29, 1.82) is 0 Å². The third-order valence-corrected chi connectivity index (χ3v) is 3.92. The van der Waals surface area contributed by atoms with Crippen molar-refractivity contribution in [3.63, 3.8) is 0 Å². The van der Waals surface area contributed by atoms with Gasteiger partial charge in [0.25, 0.3) is 0 Å². The molecule has 2 heterocycles. The molecule has 1 N–H and O–H groups in total. The zero-order chi connectivity index (χ0) is 11.7. The largest absolute Gasteiger partial charge is 0.307 e. The highest BCUT2D eigenvalue weighted by Crippen LogP contribution is 2.19. The lowest BCUT2D eigenvalue weighted by Gasteiger charge is -2.05. The van der Waals surface area contributed by atoms with Crippen LogP contribution in [0, 0.1) is 6.92 Å². The molecule has 0 unspecified atom stereocenters. The SMILES string of the molecule is Cc1cscc1Cn1nnnc1CNC1CC1. The van der Waals surface area contributed by atoms with E-state index in [4.69, 9.17) is 0 Å². The van der Waals surface area contributed by atoms with E-state index < -0.39 is 0 Å². The minimum absolute atomic E-state index is 0.683. The lowest BCUT2D eigenvalue weighted by molar-refractivity contribution is 0.577. The number of hydrogen-bond acceptors (Lipinski definition) is 5. The average molecular weight is 249 g/mol. The van der Waals surface area contributed by atoms with E-state index in [2.05, 4.69) is 38.5 Å². The van der Waals surface area contributed by atoms with Crippen molar-refractivity contribution < 1.29 is 0 Å². The smallest absolute Gasteiger partial charge is 0.165 e. The van der Waals surface area contributed by atoms with Gasteiger partial charge >= 0.3 is 0 Å². The minimum atomic E-state index is 0.683. The summed E-state index contributed by atoms with van der Waals surface area (Å²) in [5.74, 6) is 0.919. The summed E-state index contributed by atoms with van der Waals surface area (Å²) in [4.78, 5) is 0. The molecule has 17 heavy (non-hydrogen) atoms. The highest BCUT2D eigenvalue weighted by Gasteiger charge is 2.21. The predicted octanol–water partition coefficient (Wildman–Crippen LogP) is 1.34. The maximum Gasteiger partial charge on any atom is 0.165 e. The molecule has 0 spiro atoms. The third-order valence-electron chi connectivity index (χ3n) is 3.01. The van der Waals surface area contributed by atoms with Crippen LogP contribution < -0.4 is 5.32 Å². The molecule has 90 valence electrons. The van der Waals surface area contributed by atoms with E-state index in [-0.39, 0.29) is 0 Å². The Morgan fingerprint density at radius 2 is 2.35 bits per heavy atom. The van der Waals surface area contributed by atoms with Gasteiger partial charge in [-0.1, -0.05) is 0 Å². The number of thiophene rings is 1. The van der Waals surface area contributed by atoms with Gasteiger partial charge in [0.2, 0.25) is 0 Å². The molecule has 0 atom stereocenters. The fourth-order valence-electron chi connectivity index (χ4n) is 1.71. The van der Waals surface area contributed by atoms with Gasteiger partial charge in [-0.3, -0.25) is 0 Å². The molecule has 0 bridgehead atoms. The van der Waals surface area contributed by atoms with E-state index in [1.165, 1.54) is 24.0 Å². The summed E-state index contributed by atoms with van der Waals surface area (Å²) in [6.07, 6.45) is 2.57. The predicted molar refractivity (Wildman–Crippen MR) is 65.8 cm³/mol. The van der Waals surface area contributed by atoms with Crippen molar-refractivity contribution in [2.75, 3.05) is 0 Å². The summed E-state index contributed by atoms with van der Waals surface area (Å²) in [6.45, 7) is 3.66. The number of nitrogens with one attached hydrogen (secondary N) is 1. The Morgan fingerprint density at radius 3 is 3.06 bits per heavy atom. The number of nitrogens with zero attached hydrogens (tertiary/aromatic N) is 4.